The Morgan fingerprint density at radius 1 is 1.09 bits per heavy atom. The molecular weight excluding hydrogens is 516 g/mol. The lowest BCUT2D eigenvalue weighted by molar-refractivity contribution is -0.142. The number of nitrogens with one attached hydrogen (secondary N) is 2. The molecule has 3 N–H and O–H groups in total. The summed E-state index contributed by atoms with van der Waals surface area (Å²) in [5, 5.41) is 16.4. The summed E-state index contributed by atoms with van der Waals surface area (Å²) in [5.41, 5.74) is 2.66. The van der Waals surface area contributed by atoms with Crippen LogP contribution in [0.1, 0.15) is 36.0 Å². The third kappa shape index (κ3) is 4.77. The molecule has 2 aromatic carbocycles. The zero-order valence-electron chi connectivity index (χ0n) is 18.7. The van der Waals surface area contributed by atoms with E-state index in [1.165, 1.54) is 0 Å². The number of anilines is 3. The van der Waals surface area contributed by atoms with Crippen LogP contribution in [0.2, 0.25) is 0 Å². The molecule has 3 aliphatic heterocycles. The molecular formula is C25H27BrN4O3S. The molecule has 3 saturated heterocycles. The Hall–Kier alpha value is -2.65. The minimum atomic E-state index is -0.978. The van der Waals surface area contributed by atoms with Crippen LogP contribution in [0.5, 0.6) is 0 Å². The standard InChI is InChI=1S/C25H27BrN4O3S/c26-18-5-7-19(8-6-18)27-25(34)28-20-11-16(24(32)33)4-9-22(20)29-12-15-10-17(14-29)21-2-1-3-23(31)30(21)13-15/h4-9,11,15,17,21H,1-3,10,12-14H2,(H,32,33)(H2,27,28,34). The van der Waals surface area contributed by atoms with Crippen molar-refractivity contribution in [1.29, 1.82) is 0 Å². The van der Waals surface area contributed by atoms with E-state index in [0.717, 1.165) is 54.7 Å². The first kappa shape index (κ1) is 23.1. The lowest BCUT2D eigenvalue weighted by Crippen LogP contribution is -2.60. The largest absolute Gasteiger partial charge is 0.478 e. The molecule has 34 heavy (non-hydrogen) atoms. The molecule has 3 fully saturated rings. The number of halogens is 1. The Labute approximate surface area is 212 Å². The molecule has 3 atom stereocenters. The van der Waals surface area contributed by atoms with E-state index in [4.69, 9.17) is 12.2 Å². The predicted octanol–water partition coefficient (Wildman–Crippen LogP) is 4.79. The van der Waals surface area contributed by atoms with Gasteiger partial charge < -0.3 is 25.5 Å². The van der Waals surface area contributed by atoms with Gasteiger partial charge in [-0.3, -0.25) is 4.79 Å². The number of hydrogen-bond acceptors (Lipinski definition) is 4. The average Bonchev–Trinajstić information content (AvgIpc) is 2.81. The van der Waals surface area contributed by atoms with Crippen molar-refractivity contribution in [2.45, 2.75) is 31.7 Å². The van der Waals surface area contributed by atoms with Crippen molar-refractivity contribution in [2.24, 2.45) is 11.8 Å². The fourth-order valence-electron chi connectivity index (χ4n) is 5.67. The van der Waals surface area contributed by atoms with Crippen LogP contribution in [-0.4, -0.2) is 52.7 Å². The molecule has 3 aliphatic rings. The van der Waals surface area contributed by atoms with E-state index in [-0.39, 0.29) is 5.56 Å². The second kappa shape index (κ2) is 9.54. The lowest BCUT2D eigenvalue weighted by atomic mass is 9.76. The number of carbonyl (C=O) groups is 2. The highest BCUT2D eigenvalue weighted by Gasteiger charge is 2.44. The number of fused-ring (bicyclic) bond motifs is 4. The molecule has 178 valence electrons. The summed E-state index contributed by atoms with van der Waals surface area (Å²) in [5.74, 6) is 0.165. The Balaban J connectivity index is 1.38. The third-order valence-corrected chi connectivity index (χ3v) is 7.85. The Morgan fingerprint density at radius 2 is 1.88 bits per heavy atom. The first-order chi connectivity index (χ1) is 16.4. The fraction of sp³-hybridized carbons (Fsp3) is 0.400. The van der Waals surface area contributed by atoms with Crippen LogP contribution < -0.4 is 15.5 Å². The van der Waals surface area contributed by atoms with Crippen LogP contribution in [0.25, 0.3) is 0 Å². The highest BCUT2D eigenvalue weighted by Crippen LogP contribution is 2.41. The highest BCUT2D eigenvalue weighted by molar-refractivity contribution is 9.10. The maximum atomic E-state index is 12.5. The molecule has 9 heteroatoms. The highest BCUT2D eigenvalue weighted by atomic mass is 79.9. The summed E-state index contributed by atoms with van der Waals surface area (Å²) in [4.78, 5) is 28.6. The van der Waals surface area contributed by atoms with E-state index in [9.17, 15) is 14.7 Å². The van der Waals surface area contributed by atoms with Crippen LogP contribution >= 0.6 is 28.1 Å². The van der Waals surface area contributed by atoms with Crippen molar-refractivity contribution in [3.8, 4) is 0 Å². The van der Waals surface area contributed by atoms with Crippen LogP contribution in [0, 0.1) is 11.8 Å². The second-order valence-corrected chi connectivity index (χ2v) is 10.7. The van der Waals surface area contributed by atoms with Crippen molar-refractivity contribution in [3.05, 3.63) is 52.5 Å². The van der Waals surface area contributed by atoms with Crippen LogP contribution in [0.3, 0.4) is 0 Å². The van der Waals surface area contributed by atoms with E-state index in [0.29, 0.717) is 41.0 Å². The number of carboxylic acids is 1. The molecule has 0 saturated carbocycles. The molecule has 3 unspecified atom stereocenters. The molecule has 1 amide bonds. The van der Waals surface area contributed by atoms with Crippen molar-refractivity contribution < 1.29 is 14.7 Å². The molecule has 7 nitrogen and oxygen atoms in total. The number of carboxylic acid groups (broad SMARTS) is 1. The number of thiocarbonyl (C=S) groups is 1. The van der Waals surface area contributed by atoms with Crippen LogP contribution in [0.4, 0.5) is 17.1 Å². The van der Waals surface area contributed by atoms with Gasteiger partial charge in [0.15, 0.2) is 5.11 Å². The molecule has 2 bridgehead atoms. The zero-order valence-corrected chi connectivity index (χ0v) is 21.1. The van der Waals surface area contributed by atoms with Crippen LogP contribution in [-0.2, 0) is 4.79 Å². The molecule has 0 radical (unpaired) electrons. The summed E-state index contributed by atoms with van der Waals surface area (Å²) in [7, 11) is 0. The van der Waals surface area contributed by atoms with Gasteiger partial charge in [0, 0.05) is 42.3 Å². The van der Waals surface area contributed by atoms with Gasteiger partial charge in [-0.05, 0) is 85.8 Å². The molecule has 0 aliphatic carbocycles. The number of carbonyl (C=O) groups excluding carboxylic acids is 1. The molecule has 0 aromatic heterocycles. The normalized spacial score (nSPS) is 23.8. The minimum Gasteiger partial charge on any atom is -0.478 e. The number of aromatic carboxylic acids is 1. The van der Waals surface area contributed by atoms with Crippen molar-refractivity contribution in [3.63, 3.8) is 0 Å². The summed E-state index contributed by atoms with van der Waals surface area (Å²) in [6.45, 7) is 2.50. The van der Waals surface area contributed by atoms with Gasteiger partial charge in [-0.2, -0.15) is 0 Å². The average molecular weight is 543 g/mol. The summed E-state index contributed by atoms with van der Waals surface area (Å²) < 4.78 is 0.974. The molecule has 3 heterocycles. The van der Waals surface area contributed by atoms with Gasteiger partial charge in [-0.1, -0.05) is 15.9 Å². The maximum Gasteiger partial charge on any atom is 0.335 e. The minimum absolute atomic E-state index is 0.207. The SMILES string of the molecule is O=C(O)c1ccc(N2CC3CC(C2)C2CCCC(=O)N2C3)c(NC(=S)Nc2ccc(Br)cc2)c1. The Bertz CT molecular complexity index is 1130. The van der Waals surface area contributed by atoms with Crippen molar-refractivity contribution in [2.75, 3.05) is 35.2 Å². The van der Waals surface area contributed by atoms with Gasteiger partial charge in [0.1, 0.15) is 0 Å². The smallest absolute Gasteiger partial charge is 0.335 e. The predicted molar refractivity (Wildman–Crippen MR) is 141 cm³/mol. The van der Waals surface area contributed by atoms with Crippen LogP contribution in [0.15, 0.2) is 46.9 Å². The lowest BCUT2D eigenvalue weighted by Gasteiger charge is -2.53. The van der Waals surface area contributed by atoms with Gasteiger partial charge in [0.05, 0.1) is 16.9 Å². The second-order valence-electron chi connectivity index (χ2n) is 9.40. The van der Waals surface area contributed by atoms with E-state index in [1.807, 2.05) is 30.3 Å². The number of benzene rings is 2. The molecule has 2 aromatic rings. The van der Waals surface area contributed by atoms with Gasteiger partial charge in [0.25, 0.3) is 0 Å². The van der Waals surface area contributed by atoms with Crippen molar-refractivity contribution in [1.82, 2.24) is 4.90 Å². The third-order valence-electron chi connectivity index (χ3n) is 7.11. The monoisotopic (exact) mass is 542 g/mol. The molecule has 5 rings (SSSR count). The summed E-state index contributed by atoms with van der Waals surface area (Å²) >= 11 is 8.97. The molecule has 0 spiro atoms. The van der Waals surface area contributed by atoms with Gasteiger partial charge in [0.2, 0.25) is 5.91 Å². The van der Waals surface area contributed by atoms with E-state index in [1.54, 1.807) is 12.1 Å². The zero-order chi connectivity index (χ0) is 23.8. The van der Waals surface area contributed by atoms with Crippen molar-refractivity contribution >= 4 is 62.2 Å². The first-order valence-electron chi connectivity index (χ1n) is 11.6. The van der Waals surface area contributed by atoms with Gasteiger partial charge in [-0.15, -0.1) is 0 Å². The number of piperidine rings is 3. The maximum absolute atomic E-state index is 12.5. The quantitative estimate of drug-likeness (QED) is 0.478. The number of nitrogens with zero attached hydrogens (tertiary/aromatic N) is 2. The number of hydrogen-bond donors (Lipinski definition) is 3. The number of rotatable bonds is 4. The topological polar surface area (TPSA) is 84.9 Å². The van der Waals surface area contributed by atoms with Gasteiger partial charge >= 0.3 is 5.97 Å². The number of amides is 1. The van der Waals surface area contributed by atoms with Gasteiger partial charge in [-0.25, -0.2) is 4.79 Å². The first-order valence-corrected chi connectivity index (χ1v) is 12.8. The summed E-state index contributed by atoms with van der Waals surface area (Å²) in [6, 6.07) is 13.2. The van der Waals surface area contributed by atoms with E-state index < -0.39 is 5.97 Å². The van der Waals surface area contributed by atoms with E-state index in [2.05, 4.69) is 36.4 Å². The summed E-state index contributed by atoms with van der Waals surface area (Å²) in [6.07, 6.45) is 3.86. The Kier molecular flexibility index (Phi) is 6.48. The fourth-order valence-corrected chi connectivity index (χ4v) is 6.16. The van der Waals surface area contributed by atoms with E-state index >= 15 is 0 Å². The Morgan fingerprint density at radius 3 is 2.65 bits per heavy atom.